The van der Waals surface area contributed by atoms with Crippen molar-refractivity contribution < 1.29 is 9.90 Å². The van der Waals surface area contributed by atoms with Gasteiger partial charge in [-0.1, -0.05) is 22.0 Å². The molecule has 0 heterocycles. The van der Waals surface area contributed by atoms with E-state index in [4.69, 9.17) is 5.11 Å². The highest BCUT2D eigenvalue weighted by Crippen LogP contribution is 2.17. The molecule has 0 unspecified atom stereocenters. The van der Waals surface area contributed by atoms with E-state index in [1.165, 1.54) is 0 Å². The molecule has 1 atom stereocenters. The maximum absolute atomic E-state index is 11.6. The summed E-state index contributed by atoms with van der Waals surface area (Å²) in [5.74, 6) is -0.170. The van der Waals surface area contributed by atoms with E-state index in [0.717, 1.165) is 10.0 Å². The number of hydrogen-bond acceptors (Lipinski definition) is 2. The number of amides is 1. The van der Waals surface area contributed by atoms with Crippen molar-refractivity contribution in [2.45, 2.75) is 20.0 Å². The summed E-state index contributed by atoms with van der Waals surface area (Å²) in [6.07, 6.45) is -0.525. The number of aliphatic hydroxyl groups is 1. The quantitative estimate of drug-likeness (QED) is 0.882. The number of carbonyl (C=O) groups is 1. The van der Waals surface area contributed by atoms with E-state index in [1.807, 2.05) is 13.0 Å². The van der Waals surface area contributed by atoms with E-state index in [2.05, 4.69) is 21.2 Å². The molecule has 0 aliphatic rings. The number of aryl methyl sites for hydroxylation is 1. The molecule has 0 saturated heterocycles. The molecule has 4 heteroatoms. The van der Waals surface area contributed by atoms with Gasteiger partial charge in [-0.2, -0.15) is 0 Å². The molecule has 3 nitrogen and oxygen atoms in total. The van der Waals surface area contributed by atoms with Crippen molar-refractivity contribution in [1.29, 1.82) is 0 Å². The van der Waals surface area contributed by atoms with Crippen LogP contribution in [0.15, 0.2) is 22.7 Å². The van der Waals surface area contributed by atoms with E-state index >= 15 is 0 Å². The Morgan fingerprint density at radius 2 is 2.27 bits per heavy atom. The van der Waals surface area contributed by atoms with Crippen molar-refractivity contribution in [2.24, 2.45) is 0 Å². The Morgan fingerprint density at radius 1 is 1.60 bits per heavy atom. The van der Waals surface area contributed by atoms with Gasteiger partial charge in [-0.3, -0.25) is 4.79 Å². The van der Waals surface area contributed by atoms with Crippen molar-refractivity contribution in [2.75, 3.05) is 6.54 Å². The third-order valence-corrected chi connectivity index (χ3v) is 2.85. The Balaban J connectivity index is 2.70. The van der Waals surface area contributed by atoms with Crippen LogP contribution in [0.2, 0.25) is 0 Å². The number of halogens is 1. The minimum Gasteiger partial charge on any atom is -0.392 e. The number of rotatable bonds is 3. The molecule has 0 bridgehead atoms. The Kier molecular flexibility index (Phi) is 4.29. The van der Waals surface area contributed by atoms with Crippen molar-refractivity contribution in [3.8, 4) is 0 Å². The average molecular weight is 272 g/mol. The van der Waals surface area contributed by atoms with Crippen LogP contribution < -0.4 is 5.32 Å². The first-order valence-corrected chi connectivity index (χ1v) is 5.52. The number of aliphatic hydroxyl groups excluding tert-OH is 1. The molecule has 0 spiro atoms. The van der Waals surface area contributed by atoms with Gasteiger partial charge in [0.15, 0.2) is 0 Å². The van der Waals surface area contributed by atoms with Gasteiger partial charge >= 0.3 is 0 Å². The lowest BCUT2D eigenvalue weighted by atomic mass is 10.1. The first-order chi connectivity index (χ1) is 7.00. The summed E-state index contributed by atoms with van der Waals surface area (Å²) < 4.78 is 0.909. The van der Waals surface area contributed by atoms with Crippen LogP contribution >= 0.6 is 15.9 Å². The monoisotopic (exact) mass is 271 g/mol. The van der Waals surface area contributed by atoms with Gasteiger partial charge in [0, 0.05) is 16.6 Å². The van der Waals surface area contributed by atoms with Crippen LogP contribution in [0.25, 0.3) is 0 Å². The third kappa shape index (κ3) is 3.64. The minimum absolute atomic E-state index is 0.170. The predicted molar refractivity (Wildman–Crippen MR) is 62.9 cm³/mol. The molecular formula is C11H14BrNO2. The fraction of sp³-hybridized carbons (Fsp3) is 0.364. The van der Waals surface area contributed by atoms with Crippen molar-refractivity contribution in [1.82, 2.24) is 5.32 Å². The maximum atomic E-state index is 11.6. The smallest absolute Gasteiger partial charge is 0.251 e. The fourth-order valence-corrected chi connectivity index (χ4v) is 1.46. The van der Waals surface area contributed by atoms with Crippen molar-refractivity contribution in [3.05, 3.63) is 33.8 Å². The lowest BCUT2D eigenvalue weighted by Gasteiger charge is -2.07. The molecule has 0 aromatic heterocycles. The Hall–Kier alpha value is -0.870. The highest BCUT2D eigenvalue weighted by atomic mass is 79.9. The Morgan fingerprint density at radius 3 is 2.80 bits per heavy atom. The van der Waals surface area contributed by atoms with Crippen molar-refractivity contribution in [3.63, 3.8) is 0 Å². The molecule has 2 N–H and O–H groups in total. The molecular weight excluding hydrogens is 258 g/mol. The van der Waals surface area contributed by atoms with Crippen LogP contribution in [0.3, 0.4) is 0 Å². The van der Waals surface area contributed by atoms with Gasteiger partial charge in [0.05, 0.1) is 6.10 Å². The normalized spacial score (nSPS) is 12.3. The Labute approximate surface area is 97.6 Å². The second kappa shape index (κ2) is 5.28. The lowest BCUT2D eigenvalue weighted by molar-refractivity contribution is 0.0924. The minimum atomic E-state index is -0.525. The van der Waals surface area contributed by atoms with Gasteiger partial charge in [-0.25, -0.2) is 0 Å². The summed E-state index contributed by atoms with van der Waals surface area (Å²) in [5.41, 5.74) is 1.68. The van der Waals surface area contributed by atoms with Gasteiger partial charge in [-0.05, 0) is 31.5 Å². The molecule has 0 saturated carbocycles. The molecule has 1 rings (SSSR count). The number of nitrogens with one attached hydrogen (secondary N) is 1. The second-order valence-electron chi connectivity index (χ2n) is 3.52. The zero-order valence-electron chi connectivity index (χ0n) is 8.75. The summed E-state index contributed by atoms with van der Waals surface area (Å²) in [6.45, 7) is 3.86. The number of hydrogen-bond donors (Lipinski definition) is 2. The summed E-state index contributed by atoms with van der Waals surface area (Å²) in [7, 11) is 0. The maximum Gasteiger partial charge on any atom is 0.251 e. The predicted octanol–water partition coefficient (Wildman–Crippen LogP) is 1.87. The zero-order valence-corrected chi connectivity index (χ0v) is 10.3. The zero-order chi connectivity index (χ0) is 11.4. The summed E-state index contributed by atoms with van der Waals surface area (Å²) >= 11 is 3.36. The van der Waals surface area contributed by atoms with Gasteiger partial charge < -0.3 is 10.4 Å². The van der Waals surface area contributed by atoms with Crippen LogP contribution in [0, 0.1) is 6.92 Å². The van der Waals surface area contributed by atoms with Gasteiger partial charge in [-0.15, -0.1) is 0 Å². The van der Waals surface area contributed by atoms with E-state index in [-0.39, 0.29) is 12.5 Å². The van der Waals surface area contributed by atoms with E-state index < -0.39 is 6.10 Å². The summed E-state index contributed by atoms with van der Waals surface area (Å²) in [6, 6.07) is 5.41. The van der Waals surface area contributed by atoms with Gasteiger partial charge in [0.25, 0.3) is 5.91 Å². The van der Waals surface area contributed by atoms with Crippen LogP contribution in [-0.4, -0.2) is 23.7 Å². The van der Waals surface area contributed by atoms with Crippen LogP contribution in [0.5, 0.6) is 0 Å². The first-order valence-electron chi connectivity index (χ1n) is 4.73. The van der Waals surface area contributed by atoms with Crippen LogP contribution in [0.4, 0.5) is 0 Å². The van der Waals surface area contributed by atoms with Crippen LogP contribution in [-0.2, 0) is 0 Å². The Bertz CT molecular complexity index is 364. The lowest BCUT2D eigenvalue weighted by Crippen LogP contribution is -2.30. The largest absolute Gasteiger partial charge is 0.392 e. The van der Waals surface area contributed by atoms with Crippen LogP contribution in [0.1, 0.15) is 22.8 Å². The van der Waals surface area contributed by atoms with E-state index in [9.17, 15) is 4.79 Å². The molecule has 1 aromatic carbocycles. The molecule has 0 radical (unpaired) electrons. The third-order valence-electron chi connectivity index (χ3n) is 1.99. The molecule has 1 aromatic rings. The summed E-state index contributed by atoms with van der Waals surface area (Å²) in [5, 5.41) is 11.7. The highest BCUT2D eigenvalue weighted by Gasteiger charge is 2.07. The van der Waals surface area contributed by atoms with Gasteiger partial charge in [0.1, 0.15) is 0 Å². The second-order valence-corrected chi connectivity index (χ2v) is 4.38. The van der Waals surface area contributed by atoms with Crippen molar-refractivity contribution >= 4 is 21.8 Å². The number of carbonyl (C=O) groups excluding carboxylic acids is 1. The molecule has 0 aliphatic heterocycles. The molecule has 1 amide bonds. The molecule has 0 aliphatic carbocycles. The van der Waals surface area contributed by atoms with E-state index in [1.54, 1.807) is 19.1 Å². The molecule has 0 fully saturated rings. The topological polar surface area (TPSA) is 49.3 Å². The first kappa shape index (κ1) is 12.2. The SMILES string of the molecule is Cc1ccc(C(=O)NC[C@@H](C)O)cc1Br. The van der Waals surface area contributed by atoms with Gasteiger partial charge in [0.2, 0.25) is 0 Å². The molecule has 82 valence electrons. The highest BCUT2D eigenvalue weighted by molar-refractivity contribution is 9.10. The standard InChI is InChI=1S/C11H14BrNO2/c1-7-3-4-9(5-10(7)12)11(15)13-6-8(2)14/h3-5,8,14H,6H2,1-2H3,(H,13,15)/t8-/m1/s1. The average Bonchev–Trinajstić information content (AvgIpc) is 2.18. The fourth-order valence-electron chi connectivity index (χ4n) is 1.08. The molecule has 15 heavy (non-hydrogen) atoms. The number of benzene rings is 1. The summed E-state index contributed by atoms with van der Waals surface area (Å²) in [4.78, 5) is 11.6. The van der Waals surface area contributed by atoms with E-state index in [0.29, 0.717) is 5.56 Å².